The minimum atomic E-state index is -0.143. The van der Waals surface area contributed by atoms with Crippen LogP contribution in [0, 0.1) is 11.3 Å². The van der Waals surface area contributed by atoms with Crippen LogP contribution in [0.4, 0.5) is 0 Å². The molecule has 0 fully saturated rings. The first-order valence-electron chi connectivity index (χ1n) is 7.77. The summed E-state index contributed by atoms with van der Waals surface area (Å²) >= 11 is 6.08. The van der Waals surface area contributed by atoms with Gasteiger partial charge >= 0.3 is 0 Å². The van der Waals surface area contributed by atoms with Crippen LogP contribution in [-0.2, 0) is 0 Å². The Morgan fingerprint density at radius 1 is 1.40 bits per heavy atom. The van der Waals surface area contributed by atoms with E-state index in [-0.39, 0.29) is 6.04 Å². The van der Waals surface area contributed by atoms with Gasteiger partial charge in [0.2, 0.25) is 0 Å². The number of hydrogen-bond donors (Lipinski definition) is 1. The highest BCUT2D eigenvalue weighted by Crippen LogP contribution is 2.32. The zero-order valence-corrected chi connectivity index (χ0v) is 14.9. The van der Waals surface area contributed by atoms with E-state index >= 15 is 0 Å². The Hall–Kier alpha value is -2.75. The van der Waals surface area contributed by atoms with Crippen molar-refractivity contribution in [2.24, 2.45) is 5.10 Å². The van der Waals surface area contributed by atoms with E-state index < -0.39 is 0 Å². The van der Waals surface area contributed by atoms with Gasteiger partial charge in [0, 0.05) is 35.3 Å². The van der Waals surface area contributed by atoms with Crippen molar-refractivity contribution in [2.75, 3.05) is 7.11 Å². The summed E-state index contributed by atoms with van der Waals surface area (Å²) in [6.07, 6.45) is 7.31. The molecule has 25 heavy (non-hydrogen) atoms. The van der Waals surface area contributed by atoms with Gasteiger partial charge in [-0.15, -0.1) is 0 Å². The zero-order chi connectivity index (χ0) is 18.0. The van der Waals surface area contributed by atoms with Crippen LogP contribution >= 0.6 is 11.8 Å². The van der Waals surface area contributed by atoms with E-state index in [2.05, 4.69) is 16.6 Å². The summed E-state index contributed by atoms with van der Waals surface area (Å²) in [6.45, 7) is 3.98. The molecule has 1 aromatic carbocycles. The summed E-state index contributed by atoms with van der Waals surface area (Å²) in [7, 11) is 1.56. The number of para-hydroxylation sites is 1. The van der Waals surface area contributed by atoms with E-state index in [9.17, 15) is 5.26 Å². The molecule has 7 heteroatoms. The maximum Gasteiger partial charge on any atom is 0.141 e. The molecular weight excluding hydrogens is 338 g/mol. The second-order valence-electron chi connectivity index (χ2n) is 5.72. The number of allylic oxidation sites excluding steroid dienone is 2. The third kappa shape index (κ3) is 3.25. The molecule has 0 saturated carbocycles. The molecule has 3 rings (SSSR count). The quantitative estimate of drug-likeness (QED) is 0.836. The normalized spacial score (nSPS) is 17.2. The van der Waals surface area contributed by atoms with Gasteiger partial charge < -0.3 is 4.74 Å². The molecule has 2 aliphatic heterocycles. The molecule has 0 saturated heterocycles. The average molecular weight is 356 g/mol. The molecule has 0 bridgehead atoms. The lowest BCUT2D eigenvalue weighted by molar-refractivity contribution is 0.222. The largest absolute Gasteiger partial charge is 0.495 e. The van der Waals surface area contributed by atoms with Crippen LogP contribution in [0.1, 0.15) is 31.0 Å². The number of fused-ring (bicyclic) bond motifs is 1. The van der Waals surface area contributed by atoms with Crippen molar-refractivity contribution in [1.82, 2.24) is 15.0 Å². The number of hydrazone groups is 1. The number of hydrazine groups is 1. The standard InChI is InChI=1S/C18H18ClN5O/c1-12-10-21-24(17-11-23(19)8-7-15(12)17)22-13(2)16-6-4-5-14(9-20)18(16)25-3/h4-8,10-11,13,22H,1-3H3. The number of nitriles is 1. The number of halogens is 1. The van der Waals surface area contributed by atoms with Gasteiger partial charge in [-0.3, -0.25) is 4.42 Å². The van der Waals surface area contributed by atoms with Gasteiger partial charge in [-0.2, -0.15) is 15.5 Å². The SMILES string of the molecule is COc1c(C#N)cccc1C(C)NN1N=CC(C)=C2C=CN(Cl)C=C21. The number of benzene rings is 1. The molecule has 2 aliphatic rings. The van der Waals surface area contributed by atoms with E-state index in [1.165, 1.54) is 4.42 Å². The van der Waals surface area contributed by atoms with E-state index in [0.717, 1.165) is 22.4 Å². The topological polar surface area (TPSA) is 63.9 Å². The predicted molar refractivity (Wildman–Crippen MR) is 97.2 cm³/mol. The maximum absolute atomic E-state index is 9.26. The minimum absolute atomic E-state index is 0.143. The zero-order valence-electron chi connectivity index (χ0n) is 14.2. The van der Waals surface area contributed by atoms with Crippen molar-refractivity contribution in [3.8, 4) is 11.8 Å². The van der Waals surface area contributed by atoms with E-state index in [1.807, 2.05) is 32.1 Å². The molecule has 0 aliphatic carbocycles. The highest BCUT2D eigenvalue weighted by Gasteiger charge is 2.24. The van der Waals surface area contributed by atoms with Crippen LogP contribution in [0.15, 0.2) is 58.6 Å². The van der Waals surface area contributed by atoms with Crippen molar-refractivity contribution in [1.29, 1.82) is 5.26 Å². The molecule has 0 radical (unpaired) electrons. The summed E-state index contributed by atoms with van der Waals surface area (Å²) in [5.74, 6) is 0.564. The van der Waals surface area contributed by atoms with Gasteiger partial charge in [-0.1, -0.05) is 12.1 Å². The average Bonchev–Trinajstić information content (AvgIpc) is 2.63. The lowest BCUT2D eigenvalue weighted by atomic mass is 10.0. The summed E-state index contributed by atoms with van der Waals surface area (Å²) in [4.78, 5) is 0. The Kier molecular flexibility index (Phi) is 4.79. The third-order valence-corrected chi connectivity index (χ3v) is 4.29. The molecule has 6 nitrogen and oxygen atoms in total. The molecule has 128 valence electrons. The van der Waals surface area contributed by atoms with Crippen molar-refractivity contribution in [3.05, 3.63) is 64.6 Å². The van der Waals surface area contributed by atoms with E-state index in [4.69, 9.17) is 16.5 Å². The van der Waals surface area contributed by atoms with Gasteiger partial charge in [0.25, 0.3) is 0 Å². The summed E-state index contributed by atoms with van der Waals surface area (Å²) in [5.41, 5.74) is 7.65. The van der Waals surface area contributed by atoms with Crippen LogP contribution in [0.2, 0.25) is 0 Å². The van der Waals surface area contributed by atoms with Crippen molar-refractivity contribution in [2.45, 2.75) is 19.9 Å². The van der Waals surface area contributed by atoms with Crippen LogP contribution in [0.3, 0.4) is 0 Å². The Morgan fingerprint density at radius 2 is 2.20 bits per heavy atom. The van der Waals surface area contributed by atoms with Gasteiger partial charge in [0.15, 0.2) is 0 Å². The molecule has 0 amide bonds. The second-order valence-corrected chi connectivity index (χ2v) is 6.11. The molecule has 2 heterocycles. The molecular formula is C18H18ClN5O. The van der Waals surface area contributed by atoms with Crippen LogP contribution in [0.25, 0.3) is 0 Å². The summed E-state index contributed by atoms with van der Waals surface area (Å²) in [5, 5.41) is 15.4. The highest BCUT2D eigenvalue weighted by molar-refractivity contribution is 6.14. The van der Waals surface area contributed by atoms with Crippen molar-refractivity contribution in [3.63, 3.8) is 0 Å². The molecule has 1 atom stereocenters. The number of ether oxygens (including phenoxy) is 1. The number of rotatable bonds is 4. The molecule has 1 unspecified atom stereocenters. The van der Waals surface area contributed by atoms with Gasteiger partial charge in [-0.05, 0) is 31.6 Å². The van der Waals surface area contributed by atoms with Gasteiger partial charge in [-0.25, -0.2) is 5.43 Å². The molecule has 0 aromatic heterocycles. The number of methoxy groups -OCH3 is 1. The number of nitrogens with one attached hydrogen (secondary N) is 1. The second kappa shape index (κ2) is 7.01. The first kappa shape index (κ1) is 17.1. The van der Waals surface area contributed by atoms with Crippen LogP contribution < -0.4 is 10.2 Å². The molecule has 0 spiro atoms. The molecule has 1 N–H and O–H groups in total. The Bertz CT molecular complexity index is 850. The highest BCUT2D eigenvalue weighted by atomic mass is 35.5. The van der Waals surface area contributed by atoms with Crippen LogP contribution in [0.5, 0.6) is 5.75 Å². The van der Waals surface area contributed by atoms with Gasteiger partial charge in [0.05, 0.1) is 24.9 Å². The third-order valence-electron chi connectivity index (χ3n) is 4.08. The molecule has 1 aromatic rings. The minimum Gasteiger partial charge on any atom is -0.495 e. The van der Waals surface area contributed by atoms with E-state index in [0.29, 0.717) is 11.3 Å². The fourth-order valence-corrected chi connectivity index (χ4v) is 2.96. The first-order chi connectivity index (χ1) is 12.0. The van der Waals surface area contributed by atoms with Gasteiger partial charge in [0.1, 0.15) is 17.5 Å². The fraction of sp³-hybridized carbons (Fsp3) is 0.222. The number of nitrogens with zero attached hydrogens (tertiary/aromatic N) is 4. The van der Waals surface area contributed by atoms with Crippen molar-refractivity contribution < 1.29 is 4.74 Å². The Morgan fingerprint density at radius 3 is 2.92 bits per heavy atom. The lowest BCUT2D eigenvalue weighted by Crippen LogP contribution is -2.38. The van der Waals surface area contributed by atoms with E-state index in [1.54, 1.807) is 36.9 Å². The predicted octanol–water partition coefficient (Wildman–Crippen LogP) is 3.57. The monoisotopic (exact) mass is 355 g/mol. The number of hydrogen-bond acceptors (Lipinski definition) is 6. The smallest absolute Gasteiger partial charge is 0.141 e. The fourth-order valence-electron chi connectivity index (χ4n) is 2.81. The summed E-state index contributed by atoms with van der Waals surface area (Å²) < 4.78 is 6.90. The Balaban J connectivity index is 1.89. The Labute approximate surface area is 152 Å². The van der Waals surface area contributed by atoms with Crippen LogP contribution in [-0.4, -0.2) is 22.9 Å². The lowest BCUT2D eigenvalue weighted by Gasteiger charge is -2.32. The maximum atomic E-state index is 9.26. The van der Waals surface area contributed by atoms with Crippen molar-refractivity contribution >= 4 is 18.0 Å². The first-order valence-corrected chi connectivity index (χ1v) is 8.11. The summed E-state index contributed by atoms with van der Waals surface area (Å²) in [6, 6.07) is 7.51.